The second-order valence-electron chi connectivity index (χ2n) is 7.80. The van der Waals surface area contributed by atoms with E-state index in [1.54, 1.807) is 0 Å². The Kier molecular flexibility index (Phi) is 6.05. The van der Waals surface area contributed by atoms with Crippen LogP contribution in [0.3, 0.4) is 0 Å². The standard InChI is InChI=1S/C24H27N3OS/c1-17-3-7-19(8-4-17)15-27-16-22(24(28)25-21-11-13-29-14-12-21)23(26-27)20-9-5-18(2)6-10-20/h3-10,16,21H,11-15H2,1-2H3,(H,25,28). The van der Waals surface area contributed by atoms with Crippen molar-refractivity contribution in [3.05, 3.63) is 77.0 Å². The van der Waals surface area contributed by atoms with Gasteiger partial charge < -0.3 is 5.32 Å². The van der Waals surface area contributed by atoms with Crippen molar-refractivity contribution in [1.82, 2.24) is 15.1 Å². The molecule has 1 aliphatic heterocycles. The lowest BCUT2D eigenvalue weighted by Crippen LogP contribution is -2.37. The molecule has 0 spiro atoms. The average Bonchev–Trinajstić information content (AvgIpc) is 3.15. The first kappa shape index (κ1) is 19.8. The van der Waals surface area contributed by atoms with Crippen LogP contribution in [0.5, 0.6) is 0 Å². The first-order valence-corrected chi connectivity index (χ1v) is 11.3. The van der Waals surface area contributed by atoms with Gasteiger partial charge in [0.1, 0.15) is 5.69 Å². The highest BCUT2D eigenvalue weighted by Crippen LogP contribution is 2.24. The van der Waals surface area contributed by atoms with Gasteiger partial charge >= 0.3 is 0 Å². The van der Waals surface area contributed by atoms with Gasteiger partial charge in [-0.25, -0.2) is 0 Å². The molecule has 4 nitrogen and oxygen atoms in total. The van der Waals surface area contributed by atoms with Crippen LogP contribution in [0.15, 0.2) is 54.7 Å². The molecule has 0 saturated carbocycles. The molecule has 0 radical (unpaired) electrons. The van der Waals surface area contributed by atoms with Crippen molar-refractivity contribution >= 4 is 17.7 Å². The number of aromatic nitrogens is 2. The van der Waals surface area contributed by atoms with Crippen molar-refractivity contribution in [2.45, 2.75) is 39.3 Å². The Morgan fingerprint density at radius 1 is 1.03 bits per heavy atom. The number of nitrogens with one attached hydrogen (secondary N) is 1. The molecule has 29 heavy (non-hydrogen) atoms. The Labute approximate surface area is 176 Å². The van der Waals surface area contributed by atoms with Gasteiger partial charge in [0.25, 0.3) is 5.91 Å². The molecule has 0 aliphatic carbocycles. The van der Waals surface area contributed by atoms with Crippen molar-refractivity contribution in [2.75, 3.05) is 11.5 Å². The van der Waals surface area contributed by atoms with Crippen LogP contribution in [0.2, 0.25) is 0 Å². The van der Waals surface area contributed by atoms with Crippen molar-refractivity contribution in [1.29, 1.82) is 0 Å². The first-order chi connectivity index (χ1) is 14.1. The molecule has 1 aromatic heterocycles. The van der Waals surface area contributed by atoms with Crippen molar-refractivity contribution in [3.63, 3.8) is 0 Å². The number of amides is 1. The number of carbonyl (C=O) groups is 1. The van der Waals surface area contributed by atoms with Crippen LogP contribution in [0.4, 0.5) is 0 Å². The van der Waals surface area contributed by atoms with Gasteiger partial charge in [0.05, 0.1) is 12.1 Å². The third kappa shape index (κ3) is 4.91. The smallest absolute Gasteiger partial charge is 0.255 e. The highest BCUT2D eigenvalue weighted by atomic mass is 32.2. The number of nitrogens with zero attached hydrogens (tertiary/aromatic N) is 2. The van der Waals surface area contributed by atoms with Crippen LogP contribution in [0.1, 0.15) is 39.9 Å². The summed E-state index contributed by atoms with van der Waals surface area (Å²) in [6, 6.07) is 16.9. The van der Waals surface area contributed by atoms with Gasteiger partial charge in [-0.1, -0.05) is 59.7 Å². The number of aryl methyl sites for hydroxylation is 2. The summed E-state index contributed by atoms with van der Waals surface area (Å²) >= 11 is 1.96. The maximum Gasteiger partial charge on any atom is 0.255 e. The van der Waals surface area contributed by atoms with Gasteiger partial charge in [0.2, 0.25) is 0 Å². The molecule has 150 valence electrons. The minimum atomic E-state index is -0.0207. The molecule has 1 N–H and O–H groups in total. The lowest BCUT2D eigenvalue weighted by Gasteiger charge is -2.22. The molecule has 0 atom stereocenters. The van der Waals surface area contributed by atoms with Gasteiger partial charge in [-0.15, -0.1) is 0 Å². The van der Waals surface area contributed by atoms with E-state index >= 15 is 0 Å². The van der Waals surface area contributed by atoms with Crippen LogP contribution in [0.25, 0.3) is 11.3 Å². The Hall–Kier alpha value is -2.53. The molecular formula is C24H27N3OS. The molecule has 0 bridgehead atoms. The Morgan fingerprint density at radius 3 is 2.31 bits per heavy atom. The predicted octanol–water partition coefficient (Wildman–Crippen LogP) is 4.84. The van der Waals surface area contributed by atoms with E-state index < -0.39 is 0 Å². The molecule has 1 aliphatic rings. The van der Waals surface area contributed by atoms with Crippen molar-refractivity contribution in [3.8, 4) is 11.3 Å². The maximum atomic E-state index is 13.1. The van der Waals surface area contributed by atoms with Crippen molar-refractivity contribution in [2.24, 2.45) is 0 Å². The molecule has 2 heterocycles. The number of hydrogen-bond acceptors (Lipinski definition) is 3. The predicted molar refractivity (Wildman–Crippen MR) is 120 cm³/mol. The molecule has 4 rings (SSSR count). The monoisotopic (exact) mass is 405 g/mol. The summed E-state index contributed by atoms with van der Waals surface area (Å²) in [5, 5.41) is 8.03. The van der Waals surface area contributed by atoms with E-state index in [-0.39, 0.29) is 11.9 Å². The van der Waals surface area contributed by atoms with Gasteiger partial charge in [-0.3, -0.25) is 9.48 Å². The number of rotatable bonds is 5. The minimum Gasteiger partial charge on any atom is -0.349 e. The third-order valence-electron chi connectivity index (χ3n) is 5.35. The van der Waals surface area contributed by atoms with Crippen LogP contribution in [-0.4, -0.2) is 33.2 Å². The molecule has 3 aromatic rings. The largest absolute Gasteiger partial charge is 0.349 e. The molecular weight excluding hydrogens is 378 g/mol. The topological polar surface area (TPSA) is 46.9 Å². The molecule has 1 fully saturated rings. The van der Waals surface area contributed by atoms with Crippen LogP contribution in [0, 0.1) is 13.8 Å². The van der Waals surface area contributed by atoms with Crippen LogP contribution < -0.4 is 5.32 Å². The molecule has 0 unspecified atom stereocenters. The lowest BCUT2D eigenvalue weighted by molar-refractivity contribution is 0.0935. The van der Waals surface area contributed by atoms with E-state index in [0.29, 0.717) is 12.1 Å². The summed E-state index contributed by atoms with van der Waals surface area (Å²) in [5.74, 6) is 2.21. The number of benzene rings is 2. The van der Waals surface area contributed by atoms with E-state index in [1.165, 1.54) is 16.7 Å². The number of hydrogen-bond donors (Lipinski definition) is 1. The summed E-state index contributed by atoms with van der Waals surface area (Å²) in [6.45, 7) is 4.79. The number of carbonyl (C=O) groups excluding carboxylic acids is 1. The summed E-state index contributed by atoms with van der Waals surface area (Å²) in [5.41, 5.74) is 5.98. The van der Waals surface area contributed by atoms with Crippen LogP contribution in [-0.2, 0) is 6.54 Å². The SMILES string of the molecule is Cc1ccc(Cn2cc(C(=O)NC3CCSCC3)c(-c3ccc(C)cc3)n2)cc1. The zero-order valence-corrected chi connectivity index (χ0v) is 17.8. The zero-order chi connectivity index (χ0) is 20.2. The highest BCUT2D eigenvalue weighted by Gasteiger charge is 2.22. The fourth-order valence-electron chi connectivity index (χ4n) is 3.58. The first-order valence-electron chi connectivity index (χ1n) is 10.2. The minimum absolute atomic E-state index is 0.0207. The maximum absolute atomic E-state index is 13.1. The summed E-state index contributed by atoms with van der Waals surface area (Å²) in [7, 11) is 0. The number of thioether (sulfide) groups is 1. The highest BCUT2D eigenvalue weighted by molar-refractivity contribution is 7.99. The van der Waals surface area contributed by atoms with Crippen LogP contribution >= 0.6 is 11.8 Å². The van der Waals surface area contributed by atoms with Gasteiger partial charge in [0.15, 0.2) is 0 Å². The van der Waals surface area contributed by atoms with E-state index in [0.717, 1.165) is 35.6 Å². The molecule has 1 saturated heterocycles. The Morgan fingerprint density at radius 2 is 1.66 bits per heavy atom. The summed E-state index contributed by atoms with van der Waals surface area (Å²) in [4.78, 5) is 13.1. The summed E-state index contributed by atoms with van der Waals surface area (Å²) in [6.07, 6.45) is 3.96. The molecule has 5 heteroatoms. The summed E-state index contributed by atoms with van der Waals surface area (Å²) < 4.78 is 1.88. The Balaban J connectivity index is 1.63. The average molecular weight is 406 g/mol. The fraction of sp³-hybridized carbons (Fsp3) is 0.333. The quantitative estimate of drug-likeness (QED) is 0.661. The van der Waals surface area contributed by atoms with Gasteiger partial charge in [0, 0.05) is 17.8 Å². The van der Waals surface area contributed by atoms with Gasteiger partial charge in [-0.2, -0.15) is 16.9 Å². The van der Waals surface area contributed by atoms with Gasteiger partial charge in [-0.05, 0) is 43.8 Å². The van der Waals surface area contributed by atoms with E-state index in [9.17, 15) is 4.79 Å². The normalized spacial score (nSPS) is 14.7. The van der Waals surface area contributed by atoms with E-state index in [1.807, 2.05) is 34.8 Å². The zero-order valence-electron chi connectivity index (χ0n) is 17.0. The Bertz CT molecular complexity index is 970. The second-order valence-corrected chi connectivity index (χ2v) is 9.03. The molecule has 1 amide bonds. The van der Waals surface area contributed by atoms with E-state index in [4.69, 9.17) is 5.10 Å². The third-order valence-corrected chi connectivity index (χ3v) is 6.40. The van der Waals surface area contributed by atoms with E-state index in [2.05, 4.69) is 55.6 Å². The fourth-order valence-corrected chi connectivity index (χ4v) is 4.69. The second kappa shape index (κ2) is 8.87. The van der Waals surface area contributed by atoms with Crippen molar-refractivity contribution < 1.29 is 4.79 Å². The molecule has 2 aromatic carbocycles. The lowest BCUT2D eigenvalue weighted by atomic mass is 10.1.